The van der Waals surface area contributed by atoms with E-state index in [0.717, 1.165) is 44.0 Å². The molecule has 4 heteroatoms. The first-order valence-electron chi connectivity index (χ1n) is 13.6. The summed E-state index contributed by atoms with van der Waals surface area (Å²) in [6.45, 7) is 5.04. The van der Waals surface area contributed by atoms with Crippen molar-refractivity contribution in [1.82, 2.24) is 10.3 Å². The Balaban J connectivity index is 1.39. The van der Waals surface area contributed by atoms with Gasteiger partial charge >= 0.3 is 0 Å². The van der Waals surface area contributed by atoms with Gasteiger partial charge in [0, 0.05) is 30.1 Å². The Morgan fingerprint density at radius 1 is 0.939 bits per heavy atom. The second-order valence-electron chi connectivity index (χ2n) is 9.83. The van der Waals surface area contributed by atoms with E-state index in [9.17, 15) is 9.90 Å². The van der Waals surface area contributed by atoms with Gasteiger partial charge in [-0.25, -0.2) is 0 Å². The summed E-state index contributed by atoms with van der Waals surface area (Å²) < 4.78 is 0. The van der Waals surface area contributed by atoms with Gasteiger partial charge < -0.3 is 15.4 Å². The van der Waals surface area contributed by atoms with E-state index in [4.69, 9.17) is 0 Å². The maximum absolute atomic E-state index is 12.1. The van der Waals surface area contributed by atoms with Crippen molar-refractivity contribution in [3.63, 3.8) is 0 Å². The third-order valence-electron chi connectivity index (χ3n) is 6.72. The fraction of sp³-hybridized carbons (Fsp3) is 0.690. The number of nitrogens with one attached hydrogen (secondary N) is 2. The predicted molar refractivity (Wildman–Crippen MR) is 141 cm³/mol. The molecule has 0 saturated heterocycles. The molecule has 0 aliphatic heterocycles. The zero-order chi connectivity index (χ0) is 23.7. The van der Waals surface area contributed by atoms with E-state index in [1.807, 2.05) is 0 Å². The number of rotatable bonds is 19. The number of aliphatic hydroxyl groups excluding tert-OH is 1. The van der Waals surface area contributed by atoms with Gasteiger partial charge in [-0.15, -0.1) is 0 Å². The number of aliphatic hydroxyl groups is 1. The van der Waals surface area contributed by atoms with Crippen LogP contribution in [0.5, 0.6) is 0 Å². The van der Waals surface area contributed by atoms with Crippen LogP contribution in [0.15, 0.2) is 24.4 Å². The number of unbranched alkanes of at least 4 members (excludes halogenated alkanes) is 10. The molecule has 1 heterocycles. The number of fused-ring (bicyclic) bond motifs is 1. The van der Waals surface area contributed by atoms with Crippen molar-refractivity contribution < 1.29 is 9.90 Å². The number of carbonyl (C=O) groups excluding carboxylic acids is 1. The van der Waals surface area contributed by atoms with E-state index in [1.54, 1.807) is 0 Å². The molecule has 0 spiro atoms. The molecular formula is C29H48N2O2. The molecular weight excluding hydrogens is 408 g/mol. The minimum absolute atomic E-state index is 0.0837. The topological polar surface area (TPSA) is 65.1 Å². The number of aromatic nitrogens is 1. The summed E-state index contributed by atoms with van der Waals surface area (Å²) in [7, 11) is 0. The number of aromatic amines is 1. The summed E-state index contributed by atoms with van der Waals surface area (Å²) in [5.41, 5.74) is 3.70. The fourth-order valence-electron chi connectivity index (χ4n) is 4.60. The number of amides is 1. The van der Waals surface area contributed by atoms with Crippen LogP contribution in [0.3, 0.4) is 0 Å². The van der Waals surface area contributed by atoms with Crippen LogP contribution >= 0.6 is 0 Å². The Kier molecular flexibility index (Phi) is 13.9. The fourth-order valence-corrected chi connectivity index (χ4v) is 4.60. The molecule has 0 fully saturated rings. The first-order valence-corrected chi connectivity index (χ1v) is 13.6. The zero-order valence-electron chi connectivity index (χ0n) is 21.3. The van der Waals surface area contributed by atoms with Crippen molar-refractivity contribution in [3.05, 3.63) is 35.5 Å². The Morgan fingerprint density at radius 2 is 1.58 bits per heavy atom. The van der Waals surface area contributed by atoms with Gasteiger partial charge in [0.25, 0.3) is 0 Å². The molecule has 1 atom stereocenters. The van der Waals surface area contributed by atoms with Gasteiger partial charge in [0.1, 0.15) is 0 Å². The molecule has 1 aromatic carbocycles. The Hall–Kier alpha value is -1.81. The first-order chi connectivity index (χ1) is 16.1. The maximum atomic E-state index is 12.1. The molecule has 3 N–H and O–H groups in total. The molecule has 4 nitrogen and oxygen atoms in total. The Bertz CT molecular complexity index is 783. The van der Waals surface area contributed by atoms with Crippen LogP contribution in [0.25, 0.3) is 10.9 Å². The molecule has 0 radical (unpaired) electrons. The van der Waals surface area contributed by atoms with Gasteiger partial charge in [0.15, 0.2) is 0 Å². The quantitative estimate of drug-likeness (QED) is 0.193. The van der Waals surface area contributed by atoms with Crippen molar-refractivity contribution in [1.29, 1.82) is 0 Å². The van der Waals surface area contributed by atoms with E-state index in [1.165, 1.54) is 74.3 Å². The van der Waals surface area contributed by atoms with Gasteiger partial charge in [0.2, 0.25) is 5.91 Å². The van der Waals surface area contributed by atoms with E-state index in [0.29, 0.717) is 13.0 Å². The van der Waals surface area contributed by atoms with Gasteiger partial charge in [-0.05, 0) is 50.3 Å². The van der Waals surface area contributed by atoms with Crippen molar-refractivity contribution >= 4 is 16.8 Å². The summed E-state index contributed by atoms with van der Waals surface area (Å²) in [6.07, 6.45) is 20.0. The molecule has 0 aliphatic carbocycles. The molecule has 186 valence electrons. The van der Waals surface area contributed by atoms with Crippen molar-refractivity contribution in [2.24, 2.45) is 0 Å². The average Bonchev–Trinajstić information content (AvgIpc) is 3.20. The standard InChI is InChI=1S/C29H48N2O2/c1-3-4-5-12-15-26(32)16-13-10-8-6-7-9-11-14-17-29(33)30-21-20-25-23-31-28-19-18-24(2)22-27(25)28/h18-19,22-23,26,31-32H,3-17,20-21H2,1-2H3,(H,30,33). The number of aryl methyl sites for hydroxylation is 1. The highest BCUT2D eigenvalue weighted by Gasteiger charge is 2.06. The van der Waals surface area contributed by atoms with Crippen LogP contribution in [-0.2, 0) is 11.2 Å². The first kappa shape index (κ1) is 27.4. The van der Waals surface area contributed by atoms with Gasteiger partial charge in [-0.2, -0.15) is 0 Å². The zero-order valence-corrected chi connectivity index (χ0v) is 21.3. The molecule has 1 aromatic heterocycles. The highest BCUT2D eigenvalue weighted by molar-refractivity contribution is 5.84. The summed E-state index contributed by atoms with van der Waals surface area (Å²) in [5, 5.41) is 14.4. The smallest absolute Gasteiger partial charge is 0.220 e. The van der Waals surface area contributed by atoms with E-state index >= 15 is 0 Å². The van der Waals surface area contributed by atoms with E-state index < -0.39 is 0 Å². The third kappa shape index (κ3) is 11.7. The largest absolute Gasteiger partial charge is 0.393 e. The highest BCUT2D eigenvalue weighted by Crippen LogP contribution is 2.20. The van der Waals surface area contributed by atoms with Crippen LogP contribution in [-0.4, -0.2) is 28.6 Å². The highest BCUT2D eigenvalue weighted by atomic mass is 16.3. The number of hydrogen-bond acceptors (Lipinski definition) is 2. The molecule has 0 saturated carbocycles. The van der Waals surface area contributed by atoms with Crippen molar-refractivity contribution in [3.8, 4) is 0 Å². The predicted octanol–water partition coefficient (Wildman–Crippen LogP) is 7.37. The monoisotopic (exact) mass is 456 g/mol. The van der Waals surface area contributed by atoms with Crippen molar-refractivity contribution in [2.45, 2.75) is 123 Å². The molecule has 1 unspecified atom stereocenters. The van der Waals surface area contributed by atoms with Crippen LogP contribution in [0.4, 0.5) is 0 Å². The summed E-state index contributed by atoms with van der Waals surface area (Å²) in [5.74, 6) is 0.180. The Labute approximate surface area is 201 Å². The second-order valence-corrected chi connectivity index (χ2v) is 9.83. The molecule has 2 aromatic rings. The number of H-pyrrole nitrogens is 1. The SMILES string of the molecule is CCCCCCC(O)CCCCCCCCCCC(=O)NCCc1c[nH]c2ccc(C)cc12. The molecule has 0 bridgehead atoms. The summed E-state index contributed by atoms with van der Waals surface area (Å²) in [4.78, 5) is 15.4. The lowest BCUT2D eigenvalue weighted by atomic mass is 10.0. The maximum Gasteiger partial charge on any atom is 0.220 e. The molecule has 0 aliphatic rings. The van der Waals surface area contributed by atoms with Crippen LogP contribution < -0.4 is 5.32 Å². The summed E-state index contributed by atoms with van der Waals surface area (Å²) >= 11 is 0. The van der Waals surface area contributed by atoms with Crippen LogP contribution in [0.2, 0.25) is 0 Å². The minimum atomic E-state index is -0.0837. The third-order valence-corrected chi connectivity index (χ3v) is 6.72. The second kappa shape index (κ2) is 16.7. The lowest BCUT2D eigenvalue weighted by molar-refractivity contribution is -0.121. The average molecular weight is 457 g/mol. The lowest BCUT2D eigenvalue weighted by Crippen LogP contribution is -2.25. The number of benzene rings is 1. The number of hydrogen-bond donors (Lipinski definition) is 3. The normalized spacial score (nSPS) is 12.3. The number of carbonyl (C=O) groups is 1. The molecule has 2 rings (SSSR count). The Morgan fingerprint density at radius 3 is 2.27 bits per heavy atom. The van der Waals surface area contributed by atoms with E-state index in [-0.39, 0.29) is 12.0 Å². The van der Waals surface area contributed by atoms with Crippen LogP contribution in [0.1, 0.15) is 114 Å². The van der Waals surface area contributed by atoms with Gasteiger partial charge in [-0.1, -0.05) is 89.2 Å². The minimum Gasteiger partial charge on any atom is -0.393 e. The lowest BCUT2D eigenvalue weighted by Gasteiger charge is -2.10. The van der Waals surface area contributed by atoms with Gasteiger partial charge in [0.05, 0.1) is 6.10 Å². The summed E-state index contributed by atoms with van der Waals surface area (Å²) in [6, 6.07) is 6.45. The van der Waals surface area contributed by atoms with Crippen molar-refractivity contribution in [2.75, 3.05) is 6.54 Å². The van der Waals surface area contributed by atoms with Crippen LogP contribution in [0, 0.1) is 6.92 Å². The molecule has 1 amide bonds. The van der Waals surface area contributed by atoms with E-state index in [2.05, 4.69) is 48.5 Å². The van der Waals surface area contributed by atoms with Gasteiger partial charge in [-0.3, -0.25) is 4.79 Å². The molecule has 33 heavy (non-hydrogen) atoms.